The fourth-order valence-corrected chi connectivity index (χ4v) is 2.84. The number of rotatable bonds is 7. The van der Waals surface area contributed by atoms with E-state index >= 15 is 0 Å². The Bertz CT molecular complexity index is 1220. The highest BCUT2D eigenvalue weighted by Crippen LogP contribution is 2.28. The molecule has 0 saturated carbocycles. The number of hydrogen-bond acceptors (Lipinski definition) is 7. The van der Waals surface area contributed by atoms with E-state index in [0.29, 0.717) is 33.9 Å². The number of aromatic carboxylic acids is 1. The minimum Gasteiger partial charge on any atom is -0.496 e. The predicted octanol–water partition coefficient (Wildman–Crippen LogP) is 4.47. The van der Waals surface area contributed by atoms with Gasteiger partial charge in [-0.2, -0.15) is 4.98 Å². The molecule has 4 rings (SSSR count). The Labute approximate surface area is 169 Å². The van der Waals surface area contributed by atoms with Crippen LogP contribution in [0.1, 0.15) is 16.1 Å². The second-order valence-corrected chi connectivity index (χ2v) is 6.21. The number of carboxylic acids is 1. The summed E-state index contributed by atoms with van der Waals surface area (Å²) in [6, 6.07) is 12.7. The lowest BCUT2D eigenvalue weighted by atomic mass is 10.2. The number of anilines is 1. The Hall–Kier alpha value is -4.14. The predicted molar refractivity (Wildman–Crippen MR) is 106 cm³/mol. The van der Waals surface area contributed by atoms with E-state index in [0.717, 1.165) is 0 Å². The zero-order chi connectivity index (χ0) is 21.1. The number of nitrogens with one attached hydrogen (secondary N) is 1. The fraction of sp³-hybridized carbons (Fsp3) is 0.0952. The van der Waals surface area contributed by atoms with Gasteiger partial charge in [-0.15, -0.1) is 0 Å². The molecule has 0 amide bonds. The van der Waals surface area contributed by atoms with Crippen molar-refractivity contribution in [3.63, 3.8) is 0 Å². The van der Waals surface area contributed by atoms with Crippen LogP contribution in [-0.4, -0.2) is 28.2 Å². The molecule has 0 spiro atoms. The van der Waals surface area contributed by atoms with Crippen molar-refractivity contribution in [2.24, 2.45) is 0 Å². The number of hydrogen-bond donors (Lipinski definition) is 2. The summed E-state index contributed by atoms with van der Waals surface area (Å²) in [6.07, 6.45) is 1.35. The van der Waals surface area contributed by atoms with Crippen LogP contribution in [0.15, 0.2) is 59.1 Å². The highest BCUT2D eigenvalue weighted by molar-refractivity contribution is 5.85. The lowest BCUT2D eigenvalue weighted by Gasteiger charge is -2.09. The molecule has 0 bridgehead atoms. The van der Waals surface area contributed by atoms with E-state index in [1.54, 1.807) is 36.4 Å². The first-order chi connectivity index (χ1) is 14.5. The number of oxazole rings is 1. The van der Waals surface area contributed by atoms with Crippen LogP contribution in [0.3, 0.4) is 0 Å². The summed E-state index contributed by atoms with van der Waals surface area (Å²) < 4.78 is 30.6. The zero-order valence-electron chi connectivity index (χ0n) is 15.8. The van der Waals surface area contributed by atoms with Crippen molar-refractivity contribution in [2.75, 3.05) is 12.4 Å². The van der Waals surface area contributed by atoms with Crippen LogP contribution >= 0.6 is 0 Å². The largest absolute Gasteiger partial charge is 0.496 e. The maximum atomic E-state index is 14.1. The minimum atomic E-state index is -1.15. The monoisotopic (exact) mass is 409 g/mol. The third-order valence-electron chi connectivity index (χ3n) is 4.26. The van der Waals surface area contributed by atoms with E-state index in [-0.39, 0.29) is 18.3 Å². The second kappa shape index (κ2) is 8.08. The Morgan fingerprint density at radius 2 is 2.03 bits per heavy atom. The summed E-state index contributed by atoms with van der Waals surface area (Å²) >= 11 is 0. The van der Waals surface area contributed by atoms with Gasteiger partial charge < -0.3 is 24.3 Å². The van der Waals surface area contributed by atoms with Crippen molar-refractivity contribution in [2.45, 2.75) is 6.54 Å². The van der Waals surface area contributed by atoms with Crippen LogP contribution in [0, 0.1) is 5.82 Å². The summed E-state index contributed by atoms with van der Waals surface area (Å²) in [4.78, 5) is 19.1. The summed E-state index contributed by atoms with van der Waals surface area (Å²) in [5.41, 5.74) is 1.26. The minimum absolute atomic E-state index is 0.122. The number of aromatic nitrogens is 2. The van der Waals surface area contributed by atoms with Gasteiger partial charge in [0.15, 0.2) is 11.3 Å². The summed E-state index contributed by atoms with van der Waals surface area (Å²) in [5.74, 6) is -0.359. The van der Waals surface area contributed by atoms with Gasteiger partial charge >= 0.3 is 5.97 Å². The summed E-state index contributed by atoms with van der Waals surface area (Å²) in [6.45, 7) is 0.126. The van der Waals surface area contributed by atoms with E-state index in [1.807, 2.05) is 0 Å². The van der Waals surface area contributed by atoms with Gasteiger partial charge in [0.25, 0.3) is 6.01 Å². The van der Waals surface area contributed by atoms with Crippen LogP contribution in [-0.2, 0) is 6.54 Å². The van der Waals surface area contributed by atoms with Crippen molar-refractivity contribution in [1.82, 2.24) is 9.97 Å². The molecule has 0 aliphatic heterocycles. The Kier molecular flexibility index (Phi) is 5.17. The summed E-state index contributed by atoms with van der Waals surface area (Å²) in [5, 5.41) is 12.0. The van der Waals surface area contributed by atoms with Crippen molar-refractivity contribution in [1.29, 1.82) is 0 Å². The number of ether oxygens (including phenoxy) is 2. The highest BCUT2D eigenvalue weighted by Gasteiger charge is 2.12. The average Bonchev–Trinajstić information content (AvgIpc) is 3.15. The molecule has 0 radical (unpaired) electrons. The first kappa shape index (κ1) is 19.2. The normalized spacial score (nSPS) is 10.7. The summed E-state index contributed by atoms with van der Waals surface area (Å²) in [7, 11) is 1.47. The molecule has 0 unspecified atom stereocenters. The Morgan fingerprint density at radius 1 is 1.20 bits per heavy atom. The molecular formula is C21H16FN3O5. The number of halogens is 1. The van der Waals surface area contributed by atoms with Crippen molar-refractivity contribution in [3.05, 3.63) is 71.8 Å². The molecule has 4 aromatic rings. The molecule has 152 valence electrons. The zero-order valence-corrected chi connectivity index (χ0v) is 15.8. The first-order valence-corrected chi connectivity index (χ1v) is 8.86. The molecule has 0 saturated heterocycles. The van der Waals surface area contributed by atoms with Gasteiger partial charge in [-0.25, -0.2) is 14.2 Å². The van der Waals surface area contributed by atoms with E-state index in [4.69, 9.17) is 19.0 Å². The Morgan fingerprint density at radius 3 is 2.83 bits per heavy atom. The van der Waals surface area contributed by atoms with Gasteiger partial charge in [0.05, 0.1) is 13.7 Å². The molecular weight excluding hydrogens is 393 g/mol. The number of fused-ring (bicyclic) bond motifs is 1. The quantitative estimate of drug-likeness (QED) is 0.460. The van der Waals surface area contributed by atoms with Crippen LogP contribution in [0.25, 0.3) is 11.1 Å². The van der Waals surface area contributed by atoms with Crippen molar-refractivity contribution >= 4 is 23.1 Å². The lowest BCUT2D eigenvalue weighted by molar-refractivity contribution is 0.0690. The van der Waals surface area contributed by atoms with Gasteiger partial charge in [0, 0.05) is 23.9 Å². The van der Waals surface area contributed by atoms with Crippen molar-refractivity contribution < 1.29 is 28.2 Å². The van der Waals surface area contributed by atoms with E-state index in [2.05, 4.69) is 15.3 Å². The molecule has 2 heterocycles. The third kappa shape index (κ3) is 4.00. The van der Waals surface area contributed by atoms with Crippen LogP contribution in [0.4, 0.5) is 10.4 Å². The smallest absolute Gasteiger partial charge is 0.354 e. The number of nitrogens with zero attached hydrogens (tertiary/aromatic N) is 2. The van der Waals surface area contributed by atoms with Gasteiger partial charge in [-0.05, 0) is 30.3 Å². The van der Waals surface area contributed by atoms with Gasteiger partial charge in [0.2, 0.25) is 0 Å². The molecule has 2 N–H and O–H groups in total. The van der Waals surface area contributed by atoms with E-state index < -0.39 is 11.8 Å². The van der Waals surface area contributed by atoms with E-state index in [9.17, 15) is 9.18 Å². The van der Waals surface area contributed by atoms with Gasteiger partial charge in [-0.3, -0.25) is 0 Å². The van der Waals surface area contributed by atoms with Gasteiger partial charge in [-0.1, -0.05) is 6.07 Å². The van der Waals surface area contributed by atoms with Crippen LogP contribution in [0.5, 0.6) is 17.2 Å². The third-order valence-corrected chi connectivity index (χ3v) is 4.26. The molecule has 9 heteroatoms. The number of carboxylic acid groups (broad SMARTS) is 1. The van der Waals surface area contributed by atoms with Crippen molar-refractivity contribution in [3.8, 4) is 17.2 Å². The maximum absolute atomic E-state index is 14.1. The number of methoxy groups -OCH3 is 1. The highest BCUT2D eigenvalue weighted by atomic mass is 19.1. The molecule has 0 fully saturated rings. The molecule has 0 aliphatic carbocycles. The average molecular weight is 409 g/mol. The van der Waals surface area contributed by atoms with Crippen LogP contribution < -0.4 is 14.8 Å². The number of carbonyl (C=O) groups is 1. The fourth-order valence-electron chi connectivity index (χ4n) is 2.84. The molecule has 8 nitrogen and oxygen atoms in total. The van der Waals surface area contributed by atoms with E-state index in [1.165, 1.54) is 25.4 Å². The number of benzene rings is 2. The maximum Gasteiger partial charge on any atom is 0.354 e. The molecule has 0 atom stereocenters. The SMILES string of the molecule is COc1cccc(F)c1CNc1nc2ccc(Oc3ccnc(C(=O)O)c3)cc2o1. The van der Waals surface area contributed by atoms with Gasteiger partial charge in [0.1, 0.15) is 28.6 Å². The second-order valence-electron chi connectivity index (χ2n) is 6.21. The molecule has 0 aliphatic rings. The molecule has 30 heavy (non-hydrogen) atoms. The topological polar surface area (TPSA) is 107 Å². The van der Waals surface area contributed by atoms with Crippen LogP contribution in [0.2, 0.25) is 0 Å². The lowest BCUT2D eigenvalue weighted by Crippen LogP contribution is -2.04. The standard InChI is InChI=1S/C21H16FN3O5/c1-28-18-4-2-3-15(22)14(18)11-24-21-25-16-6-5-12(10-19(16)30-21)29-13-7-8-23-17(9-13)20(26)27/h2-10H,11H2,1H3,(H,24,25)(H,26,27). The molecule has 2 aromatic heterocycles. The Balaban J connectivity index is 1.52. The first-order valence-electron chi connectivity index (χ1n) is 8.86. The number of pyridine rings is 1. The molecule has 2 aromatic carbocycles.